The first-order valence-corrected chi connectivity index (χ1v) is 8.59. The molecule has 2 N–H and O–H groups in total. The minimum absolute atomic E-state index is 0.165. The van der Waals surface area contributed by atoms with E-state index in [1.807, 2.05) is 18.2 Å². The van der Waals surface area contributed by atoms with E-state index in [4.69, 9.17) is 15.3 Å². The van der Waals surface area contributed by atoms with Gasteiger partial charge in [-0.25, -0.2) is 15.8 Å². The molecule has 1 amide bonds. The lowest BCUT2D eigenvalue weighted by Crippen LogP contribution is -2.37. The molecule has 1 aliphatic carbocycles. The quantitative estimate of drug-likeness (QED) is 0.341. The average molecular weight is 351 g/mol. The van der Waals surface area contributed by atoms with E-state index in [1.54, 1.807) is 18.2 Å². The number of carbonyl (C=O) groups is 1. The number of nitrogens with two attached hydrogens (primary N) is 1. The third kappa shape index (κ3) is 2.20. The summed E-state index contributed by atoms with van der Waals surface area (Å²) >= 11 is 1.45. The number of hydrogen-bond donors (Lipinski definition) is 1. The fraction of sp³-hybridized carbons (Fsp3) is 0.111. The van der Waals surface area contributed by atoms with Crippen molar-refractivity contribution in [2.24, 2.45) is 5.84 Å². The smallest absolute Gasteiger partial charge is 0.274 e. The van der Waals surface area contributed by atoms with Crippen molar-refractivity contribution in [2.75, 3.05) is 11.8 Å². The van der Waals surface area contributed by atoms with Gasteiger partial charge in [-0.05, 0) is 23.8 Å². The molecule has 5 rings (SSSR count). The minimum Gasteiger partial charge on any atom is -0.454 e. The molecule has 0 unspecified atom stereocenters. The number of anilines is 1. The number of thiazole rings is 1. The van der Waals surface area contributed by atoms with Crippen molar-refractivity contribution >= 4 is 22.4 Å². The van der Waals surface area contributed by atoms with E-state index in [9.17, 15) is 4.79 Å². The Balaban J connectivity index is 1.46. The summed E-state index contributed by atoms with van der Waals surface area (Å²) in [5.41, 5.74) is 3.73. The van der Waals surface area contributed by atoms with Crippen LogP contribution in [0.3, 0.4) is 0 Å². The lowest BCUT2D eigenvalue weighted by molar-refractivity contribution is 0.0986. The monoisotopic (exact) mass is 351 g/mol. The van der Waals surface area contributed by atoms with E-state index in [1.165, 1.54) is 16.9 Å². The molecule has 25 heavy (non-hydrogen) atoms. The number of amides is 1. The van der Waals surface area contributed by atoms with E-state index in [0.717, 1.165) is 27.6 Å². The van der Waals surface area contributed by atoms with E-state index in [2.05, 4.69) is 11.1 Å². The average Bonchev–Trinajstić information content (AvgIpc) is 3.33. The zero-order valence-corrected chi connectivity index (χ0v) is 13.9. The van der Waals surface area contributed by atoms with E-state index in [0.29, 0.717) is 22.2 Å². The number of hydrazine groups is 1. The molecule has 6 nitrogen and oxygen atoms in total. The van der Waals surface area contributed by atoms with Gasteiger partial charge in [0.15, 0.2) is 11.5 Å². The van der Waals surface area contributed by atoms with Crippen molar-refractivity contribution < 1.29 is 14.3 Å². The van der Waals surface area contributed by atoms with Crippen LogP contribution >= 0.6 is 11.3 Å². The Bertz CT molecular complexity index is 1010. The Morgan fingerprint density at radius 2 is 2.00 bits per heavy atom. The number of fused-ring (bicyclic) bond motifs is 4. The van der Waals surface area contributed by atoms with Crippen molar-refractivity contribution in [3.05, 3.63) is 58.5 Å². The summed E-state index contributed by atoms with van der Waals surface area (Å²) in [6, 6.07) is 13.2. The van der Waals surface area contributed by atoms with Crippen molar-refractivity contribution in [3.63, 3.8) is 0 Å². The maximum atomic E-state index is 12.7. The summed E-state index contributed by atoms with van der Waals surface area (Å²) in [6.07, 6.45) is 0.829. The summed E-state index contributed by atoms with van der Waals surface area (Å²) in [5.74, 6) is 6.90. The van der Waals surface area contributed by atoms with E-state index >= 15 is 0 Å². The molecular formula is C18H13N3O3S. The highest BCUT2D eigenvalue weighted by molar-refractivity contribution is 7.16. The van der Waals surface area contributed by atoms with Crippen LogP contribution < -0.4 is 20.3 Å². The molecule has 0 spiro atoms. The van der Waals surface area contributed by atoms with Gasteiger partial charge in [-0.15, -0.1) is 0 Å². The first kappa shape index (κ1) is 14.4. The van der Waals surface area contributed by atoms with Crippen LogP contribution in [-0.2, 0) is 6.42 Å². The Kier molecular flexibility index (Phi) is 3.06. The molecule has 0 fully saturated rings. The van der Waals surface area contributed by atoms with Crippen LogP contribution in [0.1, 0.15) is 20.8 Å². The second kappa shape index (κ2) is 5.30. The minimum atomic E-state index is -0.334. The molecular weight excluding hydrogens is 338 g/mol. The number of aromatic nitrogens is 1. The van der Waals surface area contributed by atoms with Gasteiger partial charge in [0.2, 0.25) is 11.9 Å². The highest BCUT2D eigenvalue weighted by atomic mass is 32.1. The molecule has 3 aromatic rings. The predicted molar refractivity (Wildman–Crippen MR) is 93.9 cm³/mol. The summed E-state index contributed by atoms with van der Waals surface area (Å²) in [6.45, 7) is 0.165. The van der Waals surface area contributed by atoms with Gasteiger partial charge in [-0.1, -0.05) is 35.6 Å². The van der Waals surface area contributed by atoms with Crippen LogP contribution in [-0.4, -0.2) is 17.7 Å². The molecule has 2 aliphatic rings. The molecule has 0 radical (unpaired) electrons. The number of rotatable bonds is 2. The van der Waals surface area contributed by atoms with Gasteiger partial charge in [-0.3, -0.25) is 4.79 Å². The van der Waals surface area contributed by atoms with Gasteiger partial charge in [-0.2, -0.15) is 0 Å². The molecule has 2 heterocycles. The summed E-state index contributed by atoms with van der Waals surface area (Å²) in [7, 11) is 0. The highest BCUT2D eigenvalue weighted by Gasteiger charge is 2.27. The fourth-order valence-electron chi connectivity index (χ4n) is 3.11. The lowest BCUT2D eigenvalue weighted by atomic mass is 10.1. The third-order valence-corrected chi connectivity index (χ3v) is 5.41. The van der Waals surface area contributed by atoms with Crippen LogP contribution in [0, 0.1) is 0 Å². The van der Waals surface area contributed by atoms with Crippen molar-refractivity contribution in [2.45, 2.75) is 6.42 Å². The first-order chi connectivity index (χ1) is 12.2. The van der Waals surface area contributed by atoms with Crippen molar-refractivity contribution in [1.29, 1.82) is 0 Å². The summed E-state index contributed by atoms with van der Waals surface area (Å²) in [4.78, 5) is 18.4. The van der Waals surface area contributed by atoms with Gasteiger partial charge in [0.25, 0.3) is 5.91 Å². The molecule has 7 heteroatoms. The maximum absolute atomic E-state index is 12.7. The molecule has 0 bridgehead atoms. The van der Waals surface area contributed by atoms with Gasteiger partial charge in [0, 0.05) is 22.4 Å². The lowest BCUT2D eigenvalue weighted by Gasteiger charge is -2.13. The molecule has 1 aliphatic heterocycles. The fourth-order valence-corrected chi connectivity index (χ4v) is 4.13. The van der Waals surface area contributed by atoms with E-state index in [-0.39, 0.29) is 12.7 Å². The number of hydrogen-bond acceptors (Lipinski definition) is 6. The zero-order chi connectivity index (χ0) is 17.0. The van der Waals surface area contributed by atoms with Gasteiger partial charge < -0.3 is 9.47 Å². The van der Waals surface area contributed by atoms with Crippen LogP contribution in [0.2, 0.25) is 0 Å². The second-order valence-corrected chi connectivity index (χ2v) is 6.91. The Hall–Kier alpha value is -2.90. The van der Waals surface area contributed by atoms with Crippen LogP contribution in [0.4, 0.5) is 5.13 Å². The van der Waals surface area contributed by atoms with Crippen LogP contribution in [0.15, 0.2) is 42.5 Å². The second-order valence-electron chi connectivity index (χ2n) is 5.85. The third-order valence-electron chi connectivity index (χ3n) is 4.35. The molecule has 0 saturated carbocycles. The Labute approximate surface area is 147 Å². The molecule has 0 atom stereocenters. The molecule has 2 aromatic carbocycles. The summed E-state index contributed by atoms with van der Waals surface area (Å²) in [5, 5.41) is 1.59. The normalized spacial score (nSPS) is 13.5. The Morgan fingerprint density at radius 3 is 2.92 bits per heavy atom. The maximum Gasteiger partial charge on any atom is 0.274 e. The van der Waals surface area contributed by atoms with Crippen molar-refractivity contribution in [3.8, 4) is 22.8 Å². The number of carbonyl (C=O) groups excluding carboxylic acids is 1. The standard InChI is InChI=1S/C18H13N3O3S/c19-21(17(22)11-5-6-13-14(7-11)24-9-23-13)18-20-16-12-4-2-1-3-10(12)8-15(16)25-18/h1-7H,8-9,19H2. The van der Waals surface area contributed by atoms with Gasteiger partial charge in [0.1, 0.15) is 0 Å². The molecule has 1 aromatic heterocycles. The largest absolute Gasteiger partial charge is 0.454 e. The van der Waals surface area contributed by atoms with Gasteiger partial charge in [0.05, 0.1) is 5.69 Å². The Morgan fingerprint density at radius 1 is 1.16 bits per heavy atom. The predicted octanol–water partition coefficient (Wildman–Crippen LogP) is 2.96. The number of nitrogens with zero attached hydrogens (tertiary/aromatic N) is 2. The topological polar surface area (TPSA) is 77.7 Å². The summed E-state index contributed by atoms with van der Waals surface area (Å²) < 4.78 is 10.6. The number of benzene rings is 2. The highest BCUT2D eigenvalue weighted by Crippen LogP contribution is 2.41. The van der Waals surface area contributed by atoms with Crippen LogP contribution in [0.5, 0.6) is 11.5 Å². The first-order valence-electron chi connectivity index (χ1n) is 7.77. The van der Waals surface area contributed by atoms with Crippen LogP contribution in [0.25, 0.3) is 11.3 Å². The SMILES string of the molecule is NN(C(=O)c1ccc2c(c1)OCO2)c1nc2c(s1)Cc1ccccc1-2. The number of ether oxygens (including phenoxy) is 2. The molecule has 0 saturated heterocycles. The van der Waals surface area contributed by atoms with Crippen molar-refractivity contribution in [1.82, 2.24) is 4.98 Å². The van der Waals surface area contributed by atoms with Gasteiger partial charge >= 0.3 is 0 Å². The van der Waals surface area contributed by atoms with E-state index < -0.39 is 0 Å². The zero-order valence-electron chi connectivity index (χ0n) is 13.1. The molecule has 124 valence electrons.